The summed E-state index contributed by atoms with van der Waals surface area (Å²) in [5.41, 5.74) is 0. The molecule has 0 aliphatic heterocycles. The van der Waals surface area contributed by atoms with Gasteiger partial charge in [0.15, 0.2) is 0 Å². The first-order valence-corrected chi connectivity index (χ1v) is 13.8. The number of carbonyl (C=O) groups excluding carboxylic acids is 3. The monoisotopic (exact) mass is 513 g/mol. The molecule has 0 aliphatic rings. The van der Waals surface area contributed by atoms with Crippen LogP contribution in [0.5, 0.6) is 0 Å². The van der Waals surface area contributed by atoms with Crippen LogP contribution in [0.15, 0.2) is 0 Å². The highest BCUT2D eigenvalue weighted by atomic mass is 16.5. The van der Waals surface area contributed by atoms with Crippen LogP contribution < -0.4 is 10.6 Å². The molecule has 0 saturated heterocycles. The number of hydrogen-bond donors (Lipinski definition) is 3. The second kappa shape index (κ2) is 26.1. The predicted molar refractivity (Wildman–Crippen MR) is 139 cm³/mol. The van der Waals surface area contributed by atoms with E-state index in [0.717, 1.165) is 19.3 Å². The molecule has 1 atom stereocenters. The lowest BCUT2D eigenvalue weighted by Crippen LogP contribution is -2.41. The molecule has 0 bridgehead atoms. The van der Waals surface area contributed by atoms with Crippen molar-refractivity contribution in [2.75, 3.05) is 33.0 Å². The van der Waals surface area contributed by atoms with Crippen LogP contribution >= 0.6 is 0 Å². The average molecular weight is 514 g/mol. The first kappa shape index (κ1) is 34.0. The second-order valence-corrected chi connectivity index (χ2v) is 9.15. The summed E-state index contributed by atoms with van der Waals surface area (Å²) in [6.45, 7) is 3.26. The Morgan fingerprint density at radius 2 is 1.31 bits per heavy atom. The van der Waals surface area contributed by atoms with E-state index in [4.69, 9.17) is 9.47 Å². The van der Waals surface area contributed by atoms with Crippen LogP contribution in [0.2, 0.25) is 0 Å². The Hall–Kier alpha value is -2.00. The number of carboxylic acid groups (broad SMARTS) is 1. The predicted octanol–water partition coefficient (Wildman–Crippen LogP) is 4.08. The Bertz CT molecular complexity index is 572. The van der Waals surface area contributed by atoms with Gasteiger partial charge < -0.3 is 25.2 Å². The fourth-order valence-electron chi connectivity index (χ4n) is 3.79. The maximum absolute atomic E-state index is 12.1. The van der Waals surface area contributed by atoms with E-state index in [1.165, 1.54) is 64.2 Å². The molecule has 0 spiro atoms. The summed E-state index contributed by atoms with van der Waals surface area (Å²) in [5.74, 6) is -1.73. The zero-order chi connectivity index (χ0) is 26.7. The fraction of sp³-hybridized carbons (Fsp3) is 0.852. The van der Waals surface area contributed by atoms with Gasteiger partial charge in [-0.3, -0.25) is 14.4 Å². The number of amides is 2. The van der Waals surface area contributed by atoms with Gasteiger partial charge in [-0.25, -0.2) is 4.79 Å². The zero-order valence-corrected chi connectivity index (χ0v) is 22.3. The van der Waals surface area contributed by atoms with Crippen LogP contribution in [0.1, 0.15) is 110 Å². The normalized spacial score (nSPS) is 11.7. The van der Waals surface area contributed by atoms with Crippen molar-refractivity contribution in [3.8, 4) is 0 Å². The molecule has 0 heterocycles. The van der Waals surface area contributed by atoms with E-state index in [2.05, 4.69) is 17.6 Å². The minimum Gasteiger partial charge on any atom is -0.480 e. The van der Waals surface area contributed by atoms with Crippen molar-refractivity contribution in [1.29, 1.82) is 0 Å². The highest BCUT2D eigenvalue weighted by Gasteiger charge is 2.20. The Labute approximate surface area is 217 Å². The van der Waals surface area contributed by atoms with Crippen molar-refractivity contribution >= 4 is 24.1 Å². The Morgan fingerprint density at radius 3 is 1.86 bits per heavy atom. The summed E-state index contributed by atoms with van der Waals surface area (Å²) >= 11 is 0. The van der Waals surface area contributed by atoms with E-state index < -0.39 is 12.0 Å². The molecular formula is C27H49N2O7. The third kappa shape index (κ3) is 23.7. The van der Waals surface area contributed by atoms with Gasteiger partial charge in [0.25, 0.3) is 0 Å². The molecule has 9 heteroatoms. The van der Waals surface area contributed by atoms with Crippen LogP contribution in [0.3, 0.4) is 0 Å². The van der Waals surface area contributed by atoms with Crippen LogP contribution in [-0.2, 0) is 28.7 Å². The molecule has 209 valence electrons. The highest BCUT2D eigenvalue weighted by molar-refractivity contribution is 5.84. The van der Waals surface area contributed by atoms with Crippen molar-refractivity contribution in [1.82, 2.24) is 10.6 Å². The first-order valence-electron chi connectivity index (χ1n) is 13.8. The Kier molecular flexibility index (Phi) is 24.6. The van der Waals surface area contributed by atoms with Gasteiger partial charge in [-0.1, -0.05) is 84.0 Å². The van der Waals surface area contributed by atoms with E-state index in [-0.39, 0.29) is 51.0 Å². The molecule has 9 nitrogen and oxygen atoms in total. The summed E-state index contributed by atoms with van der Waals surface area (Å²) in [6.07, 6.45) is 17.8. The van der Waals surface area contributed by atoms with Gasteiger partial charge in [0, 0.05) is 19.4 Å². The molecule has 0 aliphatic carbocycles. The number of hydrogen-bond acceptors (Lipinski definition) is 6. The van der Waals surface area contributed by atoms with Gasteiger partial charge in [-0.2, -0.15) is 0 Å². The van der Waals surface area contributed by atoms with Gasteiger partial charge in [0.2, 0.25) is 18.1 Å². The maximum atomic E-state index is 12.1. The number of carboxylic acids is 1. The van der Waals surface area contributed by atoms with Crippen molar-refractivity contribution < 1.29 is 33.8 Å². The number of unbranched alkanes of at least 4 members (excludes halogenated alkanes) is 12. The van der Waals surface area contributed by atoms with Gasteiger partial charge in [0.1, 0.15) is 12.6 Å². The molecule has 1 radical (unpaired) electrons. The molecule has 0 aromatic rings. The number of nitrogens with one attached hydrogen (secondary N) is 2. The topological polar surface area (TPSA) is 131 Å². The fourth-order valence-corrected chi connectivity index (χ4v) is 3.79. The van der Waals surface area contributed by atoms with Gasteiger partial charge in [-0.05, 0) is 12.8 Å². The highest BCUT2D eigenvalue weighted by Crippen LogP contribution is 2.13. The molecule has 3 N–H and O–H groups in total. The van der Waals surface area contributed by atoms with Crippen molar-refractivity contribution in [3.05, 3.63) is 0 Å². The first-order chi connectivity index (χ1) is 17.5. The molecule has 0 rings (SSSR count). The summed E-state index contributed by atoms with van der Waals surface area (Å²) in [5, 5.41) is 14.5. The minimum absolute atomic E-state index is 0.00569. The SMILES string of the molecule is CCCCCCCCCCCCCCCC(=O)N[C@@H](CCC(=O)NCCOCCOC[C]=O)C(=O)O. The van der Waals surface area contributed by atoms with E-state index in [1.807, 2.05) is 0 Å². The van der Waals surface area contributed by atoms with E-state index in [1.54, 1.807) is 6.29 Å². The van der Waals surface area contributed by atoms with Gasteiger partial charge >= 0.3 is 5.97 Å². The van der Waals surface area contributed by atoms with Crippen LogP contribution in [0.4, 0.5) is 0 Å². The lowest BCUT2D eigenvalue weighted by molar-refractivity contribution is -0.142. The van der Waals surface area contributed by atoms with Crippen molar-refractivity contribution in [2.45, 2.75) is 116 Å². The lowest BCUT2D eigenvalue weighted by Gasteiger charge is -2.14. The Morgan fingerprint density at radius 1 is 0.750 bits per heavy atom. The lowest BCUT2D eigenvalue weighted by atomic mass is 10.0. The summed E-state index contributed by atoms with van der Waals surface area (Å²) in [6, 6.07) is -1.08. The molecule has 36 heavy (non-hydrogen) atoms. The second-order valence-electron chi connectivity index (χ2n) is 9.15. The Balaban J connectivity index is 3.71. The van der Waals surface area contributed by atoms with Crippen molar-refractivity contribution in [3.63, 3.8) is 0 Å². The summed E-state index contributed by atoms with van der Waals surface area (Å²) in [7, 11) is 0. The molecule has 0 aromatic carbocycles. The van der Waals surface area contributed by atoms with Crippen molar-refractivity contribution in [2.24, 2.45) is 0 Å². The smallest absolute Gasteiger partial charge is 0.326 e. The zero-order valence-electron chi connectivity index (χ0n) is 22.3. The average Bonchev–Trinajstić information content (AvgIpc) is 2.86. The largest absolute Gasteiger partial charge is 0.480 e. The summed E-state index contributed by atoms with van der Waals surface area (Å²) < 4.78 is 10.1. The van der Waals surface area contributed by atoms with Crippen LogP contribution in [0, 0.1) is 0 Å². The molecule has 0 saturated carbocycles. The third-order valence-corrected chi connectivity index (χ3v) is 5.90. The van der Waals surface area contributed by atoms with E-state index >= 15 is 0 Å². The van der Waals surface area contributed by atoms with E-state index in [0.29, 0.717) is 13.0 Å². The molecule has 2 amide bonds. The number of carbonyl (C=O) groups is 3. The van der Waals surface area contributed by atoms with Crippen LogP contribution in [-0.4, -0.2) is 68.2 Å². The van der Waals surface area contributed by atoms with Crippen LogP contribution in [0.25, 0.3) is 0 Å². The number of ether oxygens (including phenoxy) is 2. The molecular weight excluding hydrogens is 464 g/mol. The minimum atomic E-state index is -1.14. The molecule has 0 aromatic heterocycles. The van der Waals surface area contributed by atoms with Gasteiger partial charge in [0.05, 0.1) is 19.8 Å². The number of rotatable bonds is 27. The molecule has 0 unspecified atom stereocenters. The third-order valence-electron chi connectivity index (χ3n) is 5.90. The maximum Gasteiger partial charge on any atom is 0.326 e. The summed E-state index contributed by atoms with van der Waals surface area (Å²) in [4.78, 5) is 45.4. The molecule has 0 fully saturated rings. The van der Waals surface area contributed by atoms with E-state index in [9.17, 15) is 24.3 Å². The quantitative estimate of drug-likeness (QED) is 0.141. The standard InChI is InChI=1S/C27H49N2O7/c1-2-3-4-5-6-7-8-9-10-11-12-13-14-15-26(32)29-24(27(33)34)16-17-25(31)28-18-20-35-22-23-36-21-19-30/h24H,2-18,20-23H2,1H3,(H,28,31)(H,29,32)(H,33,34)/t24-/m0/s1. The van der Waals surface area contributed by atoms with Gasteiger partial charge in [-0.15, -0.1) is 0 Å². The number of aliphatic carboxylic acids is 1.